The number of aliphatic hydroxyl groups is 1. The Kier molecular flexibility index (Phi) is 3.09. The molecule has 1 unspecified atom stereocenters. The highest BCUT2D eigenvalue weighted by Crippen LogP contribution is 2.19. The van der Waals surface area contributed by atoms with Crippen molar-refractivity contribution in [3.63, 3.8) is 0 Å². The number of hydrogen-bond acceptors (Lipinski definition) is 2. The van der Waals surface area contributed by atoms with E-state index >= 15 is 0 Å². The van der Waals surface area contributed by atoms with E-state index in [1.807, 2.05) is 43.3 Å². The molecule has 0 fully saturated rings. The largest absolute Gasteiger partial charge is 0.384 e. The standard InChI is InChI=1S/C11H15NO/c1-4-11(13)9-6-5-7-10(8-9)12(2)3/h4-8,11,13H,1H2,2-3H3. The fourth-order valence-electron chi connectivity index (χ4n) is 1.12. The molecule has 0 bridgehead atoms. The number of anilines is 1. The minimum Gasteiger partial charge on any atom is -0.384 e. The van der Waals surface area contributed by atoms with Gasteiger partial charge in [0.25, 0.3) is 0 Å². The van der Waals surface area contributed by atoms with Crippen molar-refractivity contribution in [2.45, 2.75) is 6.10 Å². The van der Waals surface area contributed by atoms with Crippen molar-refractivity contribution in [3.8, 4) is 0 Å². The number of aliphatic hydroxyl groups excluding tert-OH is 1. The average Bonchev–Trinajstić information content (AvgIpc) is 2.17. The number of hydrogen-bond donors (Lipinski definition) is 1. The highest BCUT2D eigenvalue weighted by atomic mass is 16.3. The van der Waals surface area contributed by atoms with Crippen LogP contribution in [0, 0.1) is 0 Å². The molecule has 0 aromatic heterocycles. The maximum absolute atomic E-state index is 9.50. The van der Waals surface area contributed by atoms with E-state index in [0.717, 1.165) is 11.3 Å². The molecule has 0 aliphatic rings. The van der Waals surface area contributed by atoms with E-state index in [0.29, 0.717) is 0 Å². The molecule has 0 saturated carbocycles. The van der Waals surface area contributed by atoms with Crippen LogP contribution in [0.3, 0.4) is 0 Å². The maximum Gasteiger partial charge on any atom is 0.0969 e. The van der Waals surface area contributed by atoms with E-state index < -0.39 is 6.10 Å². The van der Waals surface area contributed by atoms with Gasteiger partial charge in [0.1, 0.15) is 0 Å². The highest BCUT2D eigenvalue weighted by molar-refractivity contribution is 5.47. The number of rotatable bonds is 3. The third kappa shape index (κ3) is 2.33. The van der Waals surface area contributed by atoms with E-state index in [4.69, 9.17) is 0 Å². The van der Waals surface area contributed by atoms with Gasteiger partial charge in [-0.1, -0.05) is 18.2 Å². The molecule has 0 aliphatic carbocycles. The van der Waals surface area contributed by atoms with Gasteiger partial charge in [0.05, 0.1) is 6.10 Å². The minimum absolute atomic E-state index is 0.570. The van der Waals surface area contributed by atoms with E-state index in [2.05, 4.69) is 6.58 Å². The molecular weight excluding hydrogens is 162 g/mol. The van der Waals surface area contributed by atoms with Crippen LogP contribution in [0.2, 0.25) is 0 Å². The van der Waals surface area contributed by atoms with Crippen molar-refractivity contribution < 1.29 is 5.11 Å². The summed E-state index contributed by atoms with van der Waals surface area (Å²) >= 11 is 0. The lowest BCUT2D eigenvalue weighted by Crippen LogP contribution is -2.09. The summed E-state index contributed by atoms with van der Waals surface area (Å²) in [5, 5.41) is 9.50. The Bertz CT molecular complexity index is 294. The SMILES string of the molecule is C=CC(O)c1cccc(N(C)C)c1. The lowest BCUT2D eigenvalue weighted by Gasteiger charge is -2.14. The smallest absolute Gasteiger partial charge is 0.0969 e. The third-order valence-electron chi connectivity index (χ3n) is 1.95. The van der Waals surface area contributed by atoms with Crippen LogP contribution in [0.1, 0.15) is 11.7 Å². The Morgan fingerprint density at radius 2 is 2.15 bits per heavy atom. The predicted octanol–water partition coefficient (Wildman–Crippen LogP) is 1.97. The van der Waals surface area contributed by atoms with Crippen LogP contribution in [0.4, 0.5) is 5.69 Å². The molecule has 0 aliphatic heterocycles. The van der Waals surface area contributed by atoms with Crippen LogP contribution in [-0.2, 0) is 0 Å². The van der Waals surface area contributed by atoms with E-state index in [1.54, 1.807) is 0 Å². The Morgan fingerprint density at radius 3 is 2.69 bits per heavy atom. The molecular formula is C11H15NO. The summed E-state index contributed by atoms with van der Waals surface area (Å²) in [4.78, 5) is 2.00. The molecule has 1 aromatic rings. The molecule has 13 heavy (non-hydrogen) atoms. The molecule has 70 valence electrons. The third-order valence-corrected chi connectivity index (χ3v) is 1.95. The maximum atomic E-state index is 9.50. The van der Waals surface area contributed by atoms with Gasteiger partial charge in [-0.25, -0.2) is 0 Å². The van der Waals surface area contributed by atoms with Gasteiger partial charge in [-0.05, 0) is 17.7 Å². The van der Waals surface area contributed by atoms with Gasteiger partial charge in [0, 0.05) is 19.8 Å². The topological polar surface area (TPSA) is 23.5 Å². The van der Waals surface area contributed by atoms with Crippen LogP contribution >= 0.6 is 0 Å². The first kappa shape index (κ1) is 9.81. The van der Waals surface area contributed by atoms with Gasteiger partial charge < -0.3 is 10.0 Å². The van der Waals surface area contributed by atoms with Crippen molar-refractivity contribution in [2.75, 3.05) is 19.0 Å². The zero-order valence-corrected chi connectivity index (χ0v) is 8.07. The van der Waals surface area contributed by atoms with Gasteiger partial charge in [-0.2, -0.15) is 0 Å². The summed E-state index contributed by atoms with van der Waals surface area (Å²) in [5.74, 6) is 0. The summed E-state index contributed by atoms with van der Waals surface area (Å²) in [5.41, 5.74) is 1.96. The van der Waals surface area contributed by atoms with E-state index in [1.165, 1.54) is 6.08 Å². The second-order valence-corrected chi connectivity index (χ2v) is 3.17. The molecule has 2 heteroatoms. The first-order valence-corrected chi connectivity index (χ1v) is 4.23. The van der Waals surface area contributed by atoms with Crippen LogP contribution in [0.5, 0.6) is 0 Å². The van der Waals surface area contributed by atoms with Gasteiger partial charge in [-0.15, -0.1) is 6.58 Å². The summed E-state index contributed by atoms with van der Waals surface area (Å²) in [6.45, 7) is 3.55. The van der Waals surface area contributed by atoms with Crippen molar-refractivity contribution in [3.05, 3.63) is 42.5 Å². The van der Waals surface area contributed by atoms with Gasteiger partial charge in [-0.3, -0.25) is 0 Å². The van der Waals surface area contributed by atoms with Gasteiger partial charge in [0.2, 0.25) is 0 Å². The van der Waals surface area contributed by atoms with Crippen molar-refractivity contribution in [1.82, 2.24) is 0 Å². The molecule has 0 saturated heterocycles. The van der Waals surface area contributed by atoms with Crippen LogP contribution in [0.25, 0.3) is 0 Å². The van der Waals surface area contributed by atoms with Crippen LogP contribution in [-0.4, -0.2) is 19.2 Å². The van der Waals surface area contributed by atoms with Crippen LogP contribution < -0.4 is 4.90 Å². The van der Waals surface area contributed by atoms with E-state index in [9.17, 15) is 5.11 Å². The minimum atomic E-state index is -0.570. The molecule has 1 aromatic carbocycles. The summed E-state index contributed by atoms with van der Waals surface area (Å²) in [6.07, 6.45) is 0.953. The molecule has 1 N–H and O–H groups in total. The Hall–Kier alpha value is -1.28. The monoisotopic (exact) mass is 177 g/mol. The Morgan fingerprint density at radius 1 is 1.46 bits per heavy atom. The molecule has 0 spiro atoms. The summed E-state index contributed by atoms with van der Waals surface area (Å²) in [7, 11) is 3.94. The van der Waals surface area contributed by atoms with Gasteiger partial charge in [0.15, 0.2) is 0 Å². The number of benzene rings is 1. The zero-order chi connectivity index (χ0) is 9.84. The Balaban J connectivity index is 2.97. The average molecular weight is 177 g/mol. The molecule has 0 heterocycles. The van der Waals surface area contributed by atoms with Crippen molar-refractivity contribution >= 4 is 5.69 Å². The fraction of sp³-hybridized carbons (Fsp3) is 0.273. The second-order valence-electron chi connectivity index (χ2n) is 3.17. The first-order valence-electron chi connectivity index (χ1n) is 4.23. The Labute approximate surface area is 79.1 Å². The molecule has 2 nitrogen and oxygen atoms in total. The molecule has 1 rings (SSSR count). The van der Waals surface area contributed by atoms with Crippen molar-refractivity contribution in [2.24, 2.45) is 0 Å². The fourth-order valence-corrected chi connectivity index (χ4v) is 1.12. The lowest BCUT2D eigenvalue weighted by atomic mass is 10.1. The quantitative estimate of drug-likeness (QED) is 0.713. The number of nitrogens with zero attached hydrogens (tertiary/aromatic N) is 1. The first-order chi connectivity index (χ1) is 6.15. The second kappa shape index (κ2) is 4.10. The lowest BCUT2D eigenvalue weighted by molar-refractivity contribution is 0.229. The molecule has 1 atom stereocenters. The van der Waals surface area contributed by atoms with Crippen molar-refractivity contribution in [1.29, 1.82) is 0 Å². The zero-order valence-electron chi connectivity index (χ0n) is 8.07. The summed E-state index contributed by atoms with van der Waals surface area (Å²) < 4.78 is 0. The van der Waals surface area contributed by atoms with E-state index in [-0.39, 0.29) is 0 Å². The summed E-state index contributed by atoms with van der Waals surface area (Å²) in [6, 6.07) is 7.77. The predicted molar refractivity (Wildman–Crippen MR) is 55.9 cm³/mol. The van der Waals surface area contributed by atoms with Crippen LogP contribution in [0.15, 0.2) is 36.9 Å². The molecule has 0 radical (unpaired) electrons. The highest BCUT2D eigenvalue weighted by Gasteiger charge is 2.03. The normalized spacial score (nSPS) is 12.2. The molecule has 0 amide bonds. The van der Waals surface area contributed by atoms with Gasteiger partial charge >= 0.3 is 0 Å².